The first-order chi connectivity index (χ1) is 39.6. The highest BCUT2D eigenvalue weighted by Gasteiger charge is 2.22. The first kappa shape index (κ1) is 76.4. The number of ether oxygens (including phenoxy) is 4. The lowest BCUT2D eigenvalue weighted by Gasteiger charge is -2.26. The Morgan fingerprint density at radius 3 is 1.00 bits per heavy atom. The molecule has 0 heterocycles. The van der Waals surface area contributed by atoms with Crippen molar-refractivity contribution >= 4 is 17.9 Å². The largest absolute Gasteiger partial charge is 0.545 e. The second-order valence-corrected chi connectivity index (χ2v) is 22.3. The molecule has 0 radical (unpaired) electrons. The van der Waals surface area contributed by atoms with Gasteiger partial charge in [0.15, 0.2) is 12.4 Å². The van der Waals surface area contributed by atoms with Crippen molar-refractivity contribution < 1.29 is 42.9 Å². The van der Waals surface area contributed by atoms with E-state index < -0.39 is 30.3 Å². The highest BCUT2D eigenvalue weighted by Crippen LogP contribution is 2.16. The van der Waals surface area contributed by atoms with Crippen LogP contribution in [0.15, 0.2) is 134 Å². The first-order valence-electron chi connectivity index (χ1n) is 32.3. The van der Waals surface area contributed by atoms with Crippen molar-refractivity contribution in [2.75, 3.05) is 47.5 Å². The van der Waals surface area contributed by atoms with Gasteiger partial charge in [-0.1, -0.05) is 257 Å². The molecule has 0 rings (SSSR count). The topological polar surface area (TPSA) is 111 Å². The molecule has 0 saturated heterocycles. The highest BCUT2D eigenvalue weighted by atomic mass is 16.7. The Bertz CT molecular complexity index is 1790. The number of carbonyl (C=O) groups is 3. The fourth-order valence-electron chi connectivity index (χ4n) is 8.51. The van der Waals surface area contributed by atoms with E-state index in [2.05, 4.69) is 148 Å². The third kappa shape index (κ3) is 62.9. The minimum absolute atomic E-state index is 0.137. The van der Waals surface area contributed by atoms with Gasteiger partial charge in [0.2, 0.25) is 0 Å². The van der Waals surface area contributed by atoms with Gasteiger partial charge < -0.3 is 33.3 Å². The van der Waals surface area contributed by atoms with E-state index in [1.807, 2.05) is 21.1 Å². The Balaban J connectivity index is 4.13. The zero-order valence-electron chi connectivity index (χ0n) is 52.4. The molecule has 0 aromatic rings. The molecule has 0 aromatic heterocycles. The summed E-state index contributed by atoms with van der Waals surface area (Å²) in [4.78, 5) is 37.4. The average molecular weight is 1130 g/mol. The summed E-state index contributed by atoms with van der Waals surface area (Å²) in [5.74, 6) is -2.33. The van der Waals surface area contributed by atoms with Crippen LogP contribution in [0.4, 0.5) is 0 Å². The van der Waals surface area contributed by atoms with Crippen molar-refractivity contribution in [1.82, 2.24) is 0 Å². The minimum atomic E-state index is -1.64. The summed E-state index contributed by atoms with van der Waals surface area (Å²) in [5, 5.41) is 11.8. The van der Waals surface area contributed by atoms with Crippen LogP contribution in [-0.4, -0.2) is 82.3 Å². The number of hydrogen-bond donors (Lipinski definition) is 0. The second-order valence-electron chi connectivity index (χ2n) is 22.3. The summed E-state index contributed by atoms with van der Waals surface area (Å²) in [6.07, 6.45) is 85.3. The molecule has 0 amide bonds. The number of carboxylic acid groups (broad SMARTS) is 1. The van der Waals surface area contributed by atoms with E-state index in [1.165, 1.54) is 96.3 Å². The number of carbonyl (C=O) groups excluding carboxylic acids is 3. The molecule has 460 valence electrons. The molecule has 0 aliphatic rings. The van der Waals surface area contributed by atoms with Crippen LogP contribution in [0.3, 0.4) is 0 Å². The molecule has 2 atom stereocenters. The third-order valence-corrected chi connectivity index (χ3v) is 13.4. The van der Waals surface area contributed by atoms with Crippen molar-refractivity contribution in [2.24, 2.45) is 0 Å². The van der Waals surface area contributed by atoms with Crippen LogP contribution in [-0.2, 0) is 33.3 Å². The number of nitrogens with zero attached hydrogens (tertiary/aromatic N) is 1. The fraction of sp³-hybridized carbons (Fsp3) is 0.653. The van der Waals surface area contributed by atoms with Crippen LogP contribution in [0.25, 0.3) is 0 Å². The van der Waals surface area contributed by atoms with Crippen molar-refractivity contribution in [3.8, 4) is 0 Å². The molecule has 0 bridgehead atoms. The summed E-state index contributed by atoms with van der Waals surface area (Å²) >= 11 is 0. The standard InChI is InChI=1S/C72H119NO8/c1-6-8-10-12-14-16-18-20-22-24-26-27-28-29-30-31-32-33-34-35-36-37-38-39-40-41-42-43-45-47-49-51-53-55-57-59-61-63-70(75)81-68(67-80-72(71(76)77)78-65-64-73(3,4)5)66-79-69(74)62-60-58-56-54-52-50-48-46-44-25-23-21-19-17-15-13-11-9-7-2/h8-11,14-17,20-23,26-27,29-30,32-33,44,46,50,52,68,72H,6-7,12-13,18-19,24-25,28,31,34-43,45,47-49,51,53-67H2,1-5H3/b10-8-,11-9-,16-14-,17-15-,22-20-,23-21-,27-26-,30-29-,33-32-,46-44-,52-50-. The summed E-state index contributed by atoms with van der Waals surface area (Å²) in [5.41, 5.74) is 0. The summed E-state index contributed by atoms with van der Waals surface area (Å²) < 4.78 is 22.7. The molecule has 9 nitrogen and oxygen atoms in total. The fourth-order valence-corrected chi connectivity index (χ4v) is 8.51. The van der Waals surface area contributed by atoms with Gasteiger partial charge in [-0.2, -0.15) is 0 Å². The quantitative estimate of drug-likeness (QED) is 0.0195. The van der Waals surface area contributed by atoms with E-state index in [0.717, 1.165) is 109 Å². The van der Waals surface area contributed by atoms with Gasteiger partial charge >= 0.3 is 11.9 Å². The summed E-state index contributed by atoms with van der Waals surface area (Å²) in [6, 6.07) is 0. The normalized spacial score (nSPS) is 13.6. The lowest BCUT2D eigenvalue weighted by molar-refractivity contribution is -0.870. The van der Waals surface area contributed by atoms with Gasteiger partial charge in [0.1, 0.15) is 13.2 Å². The molecular formula is C72H119NO8. The second kappa shape index (κ2) is 61.5. The van der Waals surface area contributed by atoms with Crippen molar-refractivity contribution in [2.45, 2.75) is 257 Å². The van der Waals surface area contributed by atoms with Gasteiger partial charge in [0.25, 0.3) is 0 Å². The molecule has 0 spiro atoms. The van der Waals surface area contributed by atoms with Crippen LogP contribution < -0.4 is 5.11 Å². The van der Waals surface area contributed by atoms with Crippen LogP contribution >= 0.6 is 0 Å². The van der Waals surface area contributed by atoms with E-state index in [-0.39, 0.29) is 32.7 Å². The van der Waals surface area contributed by atoms with Gasteiger partial charge in [-0.05, 0) is 109 Å². The van der Waals surface area contributed by atoms with Crippen molar-refractivity contribution in [3.63, 3.8) is 0 Å². The number of aliphatic carboxylic acids is 1. The van der Waals surface area contributed by atoms with E-state index in [0.29, 0.717) is 23.9 Å². The van der Waals surface area contributed by atoms with Crippen LogP contribution in [0.1, 0.15) is 245 Å². The highest BCUT2D eigenvalue weighted by molar-refractivity contribution is 5.70. The number of quaternary nitrogens is 1. The monoisotopic (exact) mass is 1130 g/mol. The molecule has 0 aliphatic carbocycles. The molecular weight excluding hydrogens is 1010 g/mol. The SMILES string of the molecule is CC/C=C\C/C=C\C/C=C\C/C=C\C/C=C\C/C=C\CCCCCCCCCCCCCCCCCCCCC(=O)OC(COC(=O)CCCCC/C=C\C/C=C\C/C=C\C/C=C\C/C=C\CC)COC(OCC[N+](C)(C)C)C(=O)[O-]. The average Bonchev–Trinajstić information content (AvgIpc) is 3.44. The molecule has 81 heavy (non-hydrogen) atoms. The third-order valence-electron chi connectivity index (χ3n) is 13.4. The van der Waals surface area contributed by atoms with Crippen LogP contribution in [0.2, 0.25) is 0 Å². The Morgan fingerprint density at radius 1 is 0.370 bits per heavy atom. The molecule has 2 unspecified atom stereocenters. The number of allylic oxidation sites excluding steroid dienone is 22. The Kier molecular flexibility index (Phi) is 58.0. The Morgan fingerprint density at radius 2 is 0.667 bits per heavy atom. The van der Waals surface area contributed by atoms with E-state index in [1.54, 1.807) is 0 Å². The maximum absolute atomic E-state index is 12.9. The smallest absolute Gasteiger partial charge is 0.306 e. The Labute approximate surface area is 497 Å². The predicted octanol–water partition coefficient (Wildman–Crippen LogP) is 18.5. The van der Waals surface area contributed by atoms with Crippen molar-refractivity contribution in [3.05, 3.63) is 134 Å². The van der Waals surface area contributed by atoms with Gasteiger partial charge in [-0.15, -0.1) is 0 Å². The van der Waals surface area contributed by atoms with Crippen LogP contribution in [0, 0.1) is 0 Å². The summed E-state index contributed by atoms with van der Waals surface area (Å²) in [7, 11) is 5.91. The zero-order valence-corrected chi connectivity index (χ0v) is 52.4. The number of esters is 2. The first-order valence-corrected chi connectivity index (χ1v) is 32.3. The van der Waals surface area contributed by atoms with Gasteiger partial charge in [-0.25, -0.2) is 0 Å². The minimum Gasteiger partial charge on any atom is -0.545 e. The maximum atomic E-state index is 12.9. The molecule has 0 fully saturated rings. The maximum Gasteiger partial charge on any atom is 0.306 e. The zero-order chi connectivity index (χ0) is 59.1. The van der Waals surface area contributed by atoms with E-state index in [9.17, 15) is 19.5 Å². The number of likely N-dealkylation sites (N-methyl/N-ethyl adjacent to an activating group) is 1. The Hall–Kier alpha value is -4.57. The van der Waals surface area contributed by atoms with Crippen molar-refractivity contribution in [1.29, 1.82) is 0 Å². The van der Waals surface area contributed by atoms with Gasteiger partial charge in [0, 0.05) is 12.8 Å². The molecule has 0 N–H and O–H groups in total. The van der Waals surface area contributed by atoms with E-state index >= 15 is 0 Å². The van der Waals surface area contributed by atoms with Gasteiger partial charge in [0.05, 0.1) is 40.3 Å². The molecule has 0 aromatic carbocycles. The molecule has 0 saturated carbocycles. The van der Waals surface area contributed by atoms with E-state index in [4.69, 9.17) is 18.9 Å². The number of hydrogen-bond acceptors (Lipinski definition) is 8. The van der Waals surface area contributed by atoms with Gasteiger partial charge in [-0.3, -0.25) is 9.59 Å². The lowest BCUT2D eigenvalue weighted by atomic mass is 10.0. The lowest BCUT2D eigenvalue weighted by Crippen LogP contribution is -2.44. The number of unbranched alkanes of at least 4 members (excludes halogenated alkanes) is 21. The van der Waals surface area contributed by atoms with Crippen LogP contribution in [0.5, 0.6) is 0 Å². The molecule has 9 heteroatoms. The predicted molar refractivity (Wildman–Crippen MR) is 343 cm³/mol. The molecule has 0 aliphatic heterocycles. The number of rotatable bonds is 58. The summed E-state index contributed by atoms with van der Waals surface area (Å²) in [6.45, 7) is 4.48. The number of carboxylic acids is 1.